The predicted molar refractivity (Wildman–Crippen MR) is 113 cm³/mol. The molecule has 3 heterocycles. The summed E-state index contributed by atoms with van der Waals surface area (Å²) in [6.07, 6.45) is 3.06. The van der Waals surface area contributed by atoms with Crippen LogP contribution in [0, 0.1) is 5.82 Å². The molecule has 1 aliphatic heterocycles. The van der Waals surface area contributed by atoms with Gasteiger partial charge in [-0.05, 0) is 36.4 Å². The number of aromatic nitrogens is 4. The van der Waals surface area contributed by atoms with Crippen LogP contribution in [0.3, 0.4) is 0 Å². The molecule has 0 aliphatic carbocycles. The number of fused-ring (bicyclic) bond motifs is 2. The fraction of sp³-hybridized carbons (Fsp3) is 0.143. The van der Waals surface area contributed by atoms with E-state index >= 15 is 0 Å². The average Bonchev–Trinajstić information content (AvgIpc) is 3.23. The van der Waals surface area contributed by atoms with Crippen molar-refractivity contribution in [2.45, 2.75) is 5.03 Å². The Morgan fingerprint density at radius 1 is 1.10 bits per heavy atom. The molecule has 0 fully saturated rings. The van der Waals surface area contributed by atoms with Crippen molar-refractivity contribution in [3.8, 4) is 17.2 Å². The summed E-state index contributed by atoms with van der Waals surface area (Å²) in [6.45, 7) is 0.996. The molecule has 1 amide bonds. The minimum Gasteiger partial charge on any atom is -0.486 e. The van der Waals surface area contributed by atoms with Crippen molar-refractivity contribution in [1.29, 1.82) is 0 Å². The van der Waals surface area contributed by atoms with Crippen molar-refractivity contribution in [3.63, 3.8) is 0 Å². The van der Waals surface area contributed by atoms with E-state index in [4.69, 9.17) is 9.47 Å². The van der Waals surface area contributed by atoms with Crippen LogP contribution in [0.15, 0.2) is 60.0 Å². The first-order valence-corrected chi connectivity index (χ1v) is 10.4. The molecule has 0 spiro atoms. The normalized spacial score (nSPS) is 12.7. The summed E-state index contributed by atoms with van der Waals surface area (Å²) in [7, 11) is 0. The molecule has 0 radical (unpaired) electrons. The van der Waals surface area contributed by atoms with E-state index in [0.29, 0.717) is 52.1 Å². The molecule has 2 aromatic heterocycles. The molecule has 1 aliphatic rings. The van der Waals surface area contributed by atoms with Crippen molar-refractivity contribution in [2.24, 2.45) is 0 Å². The van der Waals surface area contributed by atoms with Gasteiger partial charge in [-0.25, -0.2) is 19.0 Å². The smallest absolute Gasteiger partial charge is 0.234 e. The quantitative estimate of drug-likeness (QED) is 0.378. The summed E-state index contributed by atoms with van der Waals surface area (Å²) < 4.78 is 25.8. The number of hydrogen-bond acceptors (Lipinski definition) is 7. The van der Waals surface area contributed by atoms with E-state index in [2.05, 4.69) is 20.4 Å². The maximum Gasteiger partial charge on any atom is 0.234 e. The summed E-state index contributed by atoms with van der Waals surface area (Å²) in [5, 5.41) is 8.54. The van der Waals surface area contributed by atoms with Crippen LogP contribution in [0.2, 0.25) is 0 Å². The van der Waals surface area contributed by atoms with Gasteiger partial charge in [0.25, 0.3) is 0 Å². The Kier molecular flexibility index (Phi) is 5.13. The number of nitrogens with zero attached hydrogens (tertiary/aromatic N) is 4. The maximum atomic E-state index is 13.2. The second-order valence-corrected chi connectivity index (χ2v) is 7.61. The molecule has 31 heavy (non-hydrogen) atoms. The van der Waals surface area contributed by atoms with Gasteiger partial charge in [0.05, 0.1) is 23.0 Å². The number of rotatable bonds is 5. The van der Waals surface area contributed by atoms with Crippen molar-refractivity contribution >= 4 is 34.4 Å². The second kappa shape index (κ2) is 8.23. The first-order valence-electron chi connectivity index (χ1n) is 9.44. The first-order chi connectivity index (χ1) is 15.2. The number of carbonyl (C=O) groups excluding carboxylic acids is 1. The first kappa shape index (κ1) is 19.3. The zero-order valence-corrected chi connectivity index (χ0v) is 16.9. The molecule has 1 N–H and O–H groups in total. The molecule has 0 bridgehead atoms. The van der Waals surface area contributed by atoms with E-state index in [0.717, 1.165) is 0 Å². The third kappa shape index (κ3) is 4.02. The molecule has 10 heteroatoms. The summed E-state index contributed by atoms with van der Waals surface area (Å²) in [4.78, 5) is 21.0. The van der Waals surface area contributed by atoms with Gasteiger partial charge in [-0.3, -0.25) is 4.79 Å². The van der Waals surface area contributed by atoms with Crippen molar-refractivity contribution in [1.82, 2.24) is 19.7 Å². The Morgan fingerprint density at radius 3 is 2.74 bits per heavy atom. The molecular weight excluding hydrogens is 421 g/mol. The van der Waals surface area contributed by atoms with Crippen LogP contribution in [0.4, 0.5) is 10.1 Å². The number of nitrogens with one attached hydrogen (secondary N) is 1. The molecule has 4 aromatic rings. The third-order valence-electron chi connectivity index (χ3n) is 4.57. The van der Waals surface area contributed by atoms with Gasteiger partial charge in [0.15, 0.2) is 17.1 Å². The molecule has 0 saturated carbocycles. The van der Waals surface area contributed by atoms with E-state index in [1.165, 1.54) is 30.2 Å². The highest BCUT2D eigenvalue weighted by molar-refractivity contribution is 8.00. The van der Waals surface area contributed by atoms with E-state index in [-0.39, 0.29) is 17.5 Å². The van der Waals surface area contributed by atoms with Crippen LogP contribution >= 0.6 is 11.8 Å². The van der Waals surface area contributed by atoms with E-state index in [1.807, 2.05) is 0 Å². The number of anilines is 1. The van der Waals surface area contributed by atoms with Crippen LogP contribution in [0.5, 0.6) is 11.5 Å². The molecule has 8 nitrogen and oxygen atoms in total. The Labute approximate surface area is 180 Å². The van der Waals surface area contributed by atoms with Crippen LogP contribution < -0.4 is 14.8 Å². The lowest BCUT2D eigenvalue weighted by atomic mass is 10.2. The fourth-order valence-electron chi connectivity index (χ4n) is 3.16. The zero-order valence-electron chi connectivity index (χ0n) is 16.1. The van der Waals surface area contributed by atoms with E-state index in [9.17, 15) is 9.18 Å². The van der Waals surface area contributed by atoms with Gasteiger partial charge in [0.2, 0.25) is 5.91 Å². The highest BCUT2D eigenvalue weighted by Crippen LogP contribution is 2.33. The zero-order chi connectivity index (χ0) is 21.2. The Morgan fingerprint density at radius 2 is 1.90 bits per heavy atom. The van der Waals surface area contributed by atoms with E-state index < -0.39 is 0 Å². The Hall–Kier alpha value is -3.66. The molecular formula is C21H16FN5O3S. The van der Waals surface area contributed by atoms with Gasteiger partial charge in [0.1, 0.15) is 30.4 Å². The molecule has 2 aromatic carbocycles. The van der Waals surface area contributed by atoms with Gasteiger partial charge in [0, 0.05) is 11.8 Å². The van der Waals surface area contributed by atoms with Crippen molar-refractivity contribution in [3.05, 3.63) is 60.8 Å². The maximum absolute atomic E-state index is 13.2. The summed E-state index contributed by atoms with van der Waals surface area (Å²) in [5.41, 5.74) is 1.89. The number of hydrogen-bond donors (Lipinski definition) is 1. The summed E-state index contributed by atoms with van der Waals surface area (Å²) in [5.74, 6) is 0.930. The highest BCUT2D eigenvalue weighted by Gasteiger charge is 2.15. The average molecular weight is 437 g/mol. The molecule has 0 unspecified atom stereocenters. The van der Waals surface area contributed by atoms with Gasteiger partial charge in [-0.2, -0.15) is 5.10 Å². The fourth-order valence-corrected chi connectivity index (χ4v) is 3.92. The highest BCUT2D eigenvalue weighted by atomic mass is 32.2. The van der Waals surface area contributed by atoms with Gasteiger partial charge in [-0.1, -0.05) is 11.8 Å². The number of ether oxygens (including phenoxy) is 2. The van der Waals surface area contributed by atoms with Gasteiger partial charge >= 0.3 is 0 Å². The summed E-state index contributed by atoms with van der Waals surface area (Å²) in [6, 6.07) is 11.3. The SMILES string of the molecule is O=C(CSc1ncnc2c1cnn2-c1ccc(F)cc1)Nc1ccc2c(c1)OCCO2. The Balaban J connectivity index is 1.29. The lowest BCUT2D eigenvalue weighted by molar-refractivity contribution is -0.113. The topological polar surface area (TPSA) is 91.2 Å². The number of benzene rings is 2. The molecule has 156 valence electrons. The Bertz CT molecular complexity index is 1260. The number of carbonyl (C=O) groups is 1. The lowest BCUT2D eigenvalue weighted by Gasteiger charge is -2.19. The standard InChI is InChI=1S/C21H16FN5O3S/c22-13-1-4-15(5-2-13)27-20-16(10-25-27)21(24-12-23-20)31-11-19(28)26-14-3-6-17-18(9-14)30-8-7-29-17/h1-6,9-10,12H,7-8,11H2,(H,26,28). The lowest BCUT2D eigenvalue weighted by Crippen LogP contribution is -2.17. The van der Waals surface area contributed by atoms with Gasteiger partial charge < -0.3 is 14.8 Å². The monoisotopic (exact) mass is 437 g/mol. The number of amides is 1. The third-order valence-corrected chi connectivity index (χ3v) is 5.57. The minimum atomic E-state index is -0.324. The minimum absolute atomic E-state index is 0.155. The molecule has 0 saturated heterocycles. The molecule has 0 atom stereocenters. The van der Waals surface area contributed by atoms with Gasteiger partial charge in [-0.15, -0.1) is 0 Å². The van der Waals surface area contributed by atoms with Crippen LogP contribution in [-0.4, -0.2) is 44.6 Å². The van der Waals surface area contributed by atoms with Crippen molar-refractivity contribution in [2.75, 3.05) is 24.3 Å². The van der Waals surface area contributed by atoms with E-state index in [1.54, 1.807) is 41.2 Å². The number of halogens is 1. The second-order valence-electron chi connectivity index (χ2n) is 6.64. The number of thioether (sulfide) groups is 1. The van der Waals surface area contributed by atoms with Crippen LogP contribution in [0.25, 0.3) is 16.7 Å². The molecule has 5 rings (SSSR count). The summed E-state index contributed by atoms with van der Waals surface area (Å²) >= 11 is 1.28. The van der Waals surface area contributed by atoms with Crippen LogP contribution in [-0.2, 0) is 4.79 Å². The largest absolute Gasteiger partial charge is 0.486 e. The van der Waals surface area contributed by atoms with Crippen molar-refractivity contribution < 1.29 is 18.7 Å². The predicted octanol–water partition coefficient (Wildman–Crippen LogP) is 3.46. The van der Waals surface area contributed by atoms with Crippen LogP contribution in [0.1, 0.15) is 0 Å².